The molecule has 0 bridgehead atoms. The lowest BCUT2D eigenvalue weighted by atomic mass is 9.95. The molecule has 0 spiro atoms. The fourth-order valence-corrected chi connectivity index (χ4v) is 4.25. The molecule has 0 atom stereocenters. The summed E-state index contributed by atoms with van der Waals surface area (Å²) in [6.07, 6.45) is 3.33. The Kier molecular flexibility index (Phi) is 4.19. The van der Waals surface area contributed by atoms with Crippen LogP contribution in [0.4, 0.5) is 5.69 Å². The van der Waals surface area contributed by atoms with Crippen LogP contribution in [0.5, 0.6) is 0 Å². The number of non-ortho nitro benzene ring substituents is 1. The average Bonchev–Trinajstić information content (AvgIpc) is 3.41. The van der Waals surface area contributed by atoms with E-state index in [0.717, 1.165) is 10.9 Å². The first-order valence-corrected chi connectivity index (χ1v) is 9.64. The van der Waals surface area contributed by atoms with Crippen molar-refractivity contribution in [2.24, 2.45) is 5.73 Å². The van der Waals surface area contributed by atoms with Crippen molar-refractivity contribution in [3.05, 3.63) is 76.1 Å². The minimum Gasteiger partial charge on any atom is -0.361 e. The normalized spacial score (nSPS) is 14.1. The molecule has 1 aliphatic rings. The second-order valence-corrected chi connectivity index (χ2v) is 7.23. The predicted octanol–water partition coefficient (Wildman–Crippen LogP) is 2.56. The third-order valence-electron chi connectivity index (χ3n) is 5.51. The summed E-state index contributed by atoms with van der Waals surface area (Å²) in [6.45, 7) is 0.717. The van der Waals surface area contributed by atoms with Crippen LogP contribution in [0.15, 0.2) is 54.9 Å². The standard InChI is InChI=1S/C22H17N5O4/c23-8-9-26-11-14(18-16(26)6-3-7-17(18)27(30)31)20-19(21(28)25-22(20)29)13-10-24-15-5-2-1-4-12(13)15/h1-7,10-11,24H,8-9,23H2,(H,25,28,29). The summed E-state index contributed by atoms with van der Waals surface area (Å²) in [4.78, 5) is 40.1. The second kappa shape index (κ2) is 6.92. The Morgan fingerprint density at radius 3 is 2.48 bits per heavy atom. The molecule has 0 aliphatic carbocycles. The Balaban J connectivity index is 1.88. The highest BCUT2D eigenvalue weighted by atomic mass is 16.6. The molecular weight excluding hydrogens is 398 g/mol. The van der Waals surface area contributed by atoms with Crippen molar-refractivity contribution in [1.82, 2.24) is 14.9 Å². The van der Waals surface area contributed by atoms with Crippen LogP contribution in [0, 0.1) is 10.1 Å². The summed E-state index contributed by atoms with van der Waals surface area (Å²) in [7, 11) is 0. The number of benzene rings is 2. The number of nitrogens with zero attached hydrogens (tertiary/aromatic N) is 2. The summed E-state index contributed by atoms with van der Waals surface area (Å²) < 4.78 is 1.77. The summed E-state index contributed by atoms with van der Waals surface area (Å²) >= 11 is 0. The first kappa shape index (κ1) is 18.8. The third kappa shape index (κ3) is 2.75. The van der Waals surface area contributed by atoms with Gasteiger partial charge in [0.25, 0.3) is 17.5 Å². The van der Waals surface area contributed by atoms with Gasteiger partial charge in [0.05, 0.1) is 27.0 Å². The molecule has 0 saturated heterocycles. The number of nitro groups is 1. The number of carbonyl (C=O) groups is 2. The molecule has 31 heavy (non-hydrogen) atoms. The number of H-pyrrole nitrogens is 1. The molecule has 0 fully saturated rings. The number of carbonyl (C=O) groups excluding carboxylic acids is 2. The van der Waals surface area contributed by atoms with Gasteiger partial charge in [-0.15, -0.1) is 0 Å². The van der Waals surface area contributed by atoms with Crippen molar-refractivity contribution in [3.63, 3.8) is 0 Å². The van der Waals surface area contributed by atoms with E-state index in [-0.39, 0.29) is 16.8 Å². The molecule has 3 heterocycles. The summed E-state index contributed by atoms with van der Waals surface area (Å²) in [5, 5.41) is 15.2. The number of nitrogens with one attached hydrogen (secondary N) is 2. The highest BCUT2D eigenvalue weighted by molar-refractivity contribution is 6.51. The lowest BCUT2D eigenvalue weighted by molar-refractivity contribution is -0.383. The van der Waals surface area contributed by atoms with Gasteiger partial charge >= 0.3 is 0 Å². The Bertz CT molecular complexity index is 1440. The van der Waals surface area contributed by atoms with Crippen molar-refractivity contribution in [2.45, 2.75) is 6.54 Å². The number of para-hydroxylation sites is 1. The quantitative estimate of drug-likeness (QED) is 0.261. The maximum absolute atomic E-state index is 12.9. The molecular formula is C22H17N5O4. The zero-order valence-electron chi connectivity index (χ0n) is 16.2. The van der Waals surface area contributed by atoms with Gasteiger partial charge in [0, 0.05) is 53.6 Å². The number of imide groups is 1. The summed E-state index contributed by atoms with van der Waals surface area (Å²) in [5.74, 6) is -1.13. The Labute approximate surface area is 175 Å². The number of fused-ring (bicyclic) bond motifs is 2. The van der Waals surface area contributed by atoms with Crippen molar-refractivity contribution >= 4 is 50.5 Å². The van der Waals surface area contributed by atoms with Gasteiger partial charge in [0.15, 0.2) is 0 Å². The number of aromatic amines is 1. The lowest BCUT2D eigenvalue weighted by Crippen LogP contribution is -2.22. The molecule has 9 heteroatoms. The van der Waals surface area contributed by atoms with Crippen LogP contribution < -0.4 is 11.1 Å². The van der Waals surface area contributed by atoms with Crippen LogP contribution in [0.2, 0.25) is 0 Å². The Hall–Kier alpha value is -4.24. The molecule has 0 saturated carbocycles. The molecule has 5 rings (SSSR count). The van der Waals surface area contributed by atoms with E-state index in [9.17, 15) is 19.7 Å². The number of nitrogens with two attached hydrogens (primary N) is 1. The number of hydrogen-bond donors (Lipinski definition) is 3. The maximum Gasteiger partial charge on any atom is 0.279 e. The predicted molar refractivity (Wildman–Crippen MR) is 116 cm³/mol. The lowest BCUT2D eigenvalue weighted by Gasteiger charge is -2.03. The fourth-order valence-electron chi connectivity index (χ4n) is 4.25. The molecule has 0 unspecified atom stereocenters. The van der Waals surface area contributed by atoms with E-state index in [2.05, 4.69) is 10.3 Å². The van der Waals surface area contributed by atoms with Gasteiger partial charge in [0.1, 0.15) is 0 Å². The van der Waals surface area contributed by atoms with Crippen LogP contribution >= 0.6 is 0 Å². The molecule has 2 aromatic heterocycles. The van der Waals surface area contributed by atoms with Crippen molar-refractivity contribution in [3.8, 4) is 0 Å². The number of nitro benzene ring substituents is 1. The van der Waals surface area contributed by atoms with Gasteiger partial charge in [-0.3, -0.25) is 25.0 Å². The number of hydrogen-bond acceptors (Lipinski definition) is 5. The minimum absolute atomic E-state index is 0.116. The SMILES string of the molecule is NCCn1cc(C2=C(c3c[nH]c4ccccc34)C(=O)NC2=O)c2c([N+](=O)[O-])cccc21. The van der Waals surface area contributed by atoms with E-state index < -0.39 is 16.7 Å². The van der Waals surface area contributed by atoms with E-state index >= 15 is 0 Å². The van der Waals surface area contributed by atoms with E-state index in [1.165, 1.54) is 6.07 Å². The average molecular weight is 415 g/mol. The smallest absolute Gasteiger partial charge is 0.279 e. The monoisotopic (exact) mass is 415 g/mol. The van der Waals surface area contributed by atoms with Gasteiger partial charge in [-0.1, -0.05) is 24.3 Å². The summed E-state index contributed by atoms with van der Waals surface area (Å²) in [6, 6.07) is 12.1. The molecule has 4 aromatic rings. The zero-order valence-corrected chi connectivity index (χ0v) is 16.2. The maximum atomic E-state index is 12.9. The van der Waals surface area contributed by atoms with Crippen molar-refractivity contribution in [1.29, 1.82) is 0 Å². The van der Waals surface area contributed by atoms with Gasteiger partial charge in [-0.25, -0.2) is 0 Å². The van der Waals surface area contributed by atoms with Gasteiger partial charge in [0.2, 0.25) is 0 Å². The molecule has 2 amide bonds. The molecule has 4 N–H and O–H groups in total. The van der Waals surface area contributed by atoms with Crippen molar-refractivity contribution < 1.29 is 14.5 Å². The first-order valence-electron chi connectivity index (χ1n) is 9.64. The van der Waals surface area contributed by atoms with Crippen molar-refractivity contribution in [2.75, 3.05) is 6.54 Å². The van der Waals surface area contributed by atoms with E-state index in [1.807, 2.05) is 24.3 Å². The molecule has 9 nitrogen and oxygen atoms in total. The number of aromatic nitrogens is 2. The van der Waals surface area contributed by atoms with Gasteiger partial charge < -0.3 is 15.3 Å². The molecule has 154 valence electrons. The Morgan fingerprint density at radius 1 is 1.00 bits per heavy atom. The van der Waals surface area contributed by atoms with E-state index in [0.29, 0.717) is 35.1 Å². The highest BCUT2D eigenvalue weighted by Crippen LogP contribution is 2.40. The minimum atomic E-state index is -0.588. The third-order valence-corrected chi connectivity index (χ3v) is 5.51. The number of rotatable bonds is 5. The second-order valence-electron chi connectivity index (χ2n) is 7.23. The fraction of sp³-hybridized carbons (Fsp3) is 0.0909. The zero-order chi connectivity index (χ0) is 21.7. The van der Waals surface area contributed by atoms with E-state index in [4.69, 9.17) is 5.73 Å². The highest BCUT2D eigenvalue weighted by Gasteiger charge is 2.36. The Morgan fingerprint density at radius 2 is 1.74 bits per heavy atom. The first-order chi connectivity index (χ1) is 15.0. The molecule has 1 aliphatic heterocycles. The van der Waals surface area contributed by atoms with Gasteiger partial charge in [-0.2, -0.15) is 0 Å². The van der Waals surface area contributed by atoms with E-state index in [1.54, 1.807) is 29.1 Å². The molecule has 0 radical (unpaired) electrons. The van der Waals surface area contributed by atoms with Crippen LogP contribution in [0.25, 0.3) is 33.0 Å². The topological polar surface area (TPSA) is 136 Å². The van der Waals surface area contributed by atoms with Crippen LogP contribution in [0.1, 0.15) is 11.1 Å². The number of amides is 2. The van der Waals surface area contributed by atoms with Crippen LogP contribution in [-0.4, -0.2) is 32.8 Å². The molecule has 2 aromatic carbocycles. The summed E-state index contributed by atoms with van der Waals surface area (Å²) in [5.41, 5.74) is 8.17. The van der Waals surface area contributed by atoms with Gasteiger partial charge in [-0.05, 0) is 12.1 Å². The van der Waals surface area contributed by atoms with Crippen LogP contribution in [-0.2, 0) is 16.1 Å². The van der Waals surface area contributed by atoms with Crippen LogP contribution in [0.3, 0.4) is 0 Å². The largest absolute Gasteiger partial charge is 0.361 e.